The number of fused-ring (bicyclic) bond motifs is 1. The van der Waals surface area contributed by atoms with Crippen molar-refractivity contribution in [3.63, 3.8) is 0 Å². The second-order valence-electron chi connectivity index (χ2n) is 7.10. The molecule has 0 bridgehead atoms. The second kappa shape index (κ2) is 8.69. The van der Waals surface area contributed by atoms with Gasteiger partial charge in [-0.05, 0) is 36.4 Å². The van der Waals surface area contributed by atoms with Crippen molar-refractivity contribution < 1.29 is 13.9 Å². The molecule has 1 aliphatic rings. The van der Waals surface area contributed by atoms with Crippen molar-refractivity contribution in [2.24, 2.45) is 0 Å². The summed E-state index contributed by atoms with van der Waals surface area (Å²) in [4.78, 5) is 20.6. The van der Waals surface area contributed by atoms with Crippen LogP contribution in [0.2, 0.25) is 0 Å². The summed E-state index contributed by atoms with van der Waals surface area (Å²) >= 11 is 1.60. The maximum Gasteiger partial charge on any atom is 0.263 e. The zero-order valence-corrected chi connectivity index (χ0v) is 17.4. The first kappa shape index (κ1) is 19.5. The van der Waals surface area contributed by atoms with Gasteiger partial charge in [0, 0.05) is 6.04 Å². The zero-order valence-electron chi connectivity index (χ0n) is 16.6. The Morgan fingerprint density at radius 3 is 2.86 bits per heavy atom. The third-order valence-corrected chi connectivity index (χ3v) is 5.98. The van der Waals surface area contributed by atoms with Crippen molar-refractivity contribution in [3.05, 3.63) is 53.7 Å². The van der Waals surface area contributed by atoms with Crippen molar-refractivity contribution in [1.82, 2.24) is 10.3 Å². The molecule has 0 aliphatic carbocycles. The number of nitrogens with zero attached hydrogens (tertiary/aromatic N) is 2. The van der Waals surface area contributed by atoms with Crippen LogP contribution in [0.4, 0.5) is 5.69 Å². The molecule has 0 fully saturated rings. The summed E-state index contributed by atoms with van der Waals surface area (Å²) in [7, 11) is 0. The minimum Gasteiger partial charge on any atom is -0.477 e. The Bertz CT molecular complexity index is 950. The molecule has 0 spiro atoms. The number of amides is 1. The van der Waals surface area contributed by atoms with Crippen LogP contribution in [0.25, 0.3) is 10.8 Å². The van der Waals surface area contributed by atoms with E-state index in [-0.39, 0.29) is 11.9 Å². The van der Waals surface area contributed by atoms with Gasteiger partial charge in [0.25, 0.3) is 5.91 Å². The molecule has 0 saturated heterocycles. The molecular weight excluding hydrogens is 386 g/mol. The lowest BCUT2D eigenvalue weighted by atomic mass is 10.1. The van der Waals surface area contributed by atoms with Crippen LogP contribution in [0.1, 0.15) is 32.4 Å². The summed E-state index contributed by atoms with van der Waals surface area (Å²) in [5.74, 6) is 1.27. The topological polar surface area (TPSA) is 67.6 Å². The van der Waals surface area contributed by atoms with E-state index in [2.05, 4.69) is 29.0 Å². The van der Waals surface area contributed by atoms with E-state index in [0.29, 0.717) is 24.7 Å². The second-order valence-corrected chi connectivity index (χ2v) is 8.05. The van der Waals surface area contributed by atoms with E-state index in [4.69, 9.17) is 9.15 Å². The molecule has 1 aliphatic heterocycles. The predicted octanol–water partition coefficient (Wildman–Crippen LogP) is 4.48. The van der Waals surface area contributed by atoms with E-state index >= 15 is 0 Å². The highest BCUT2D eigenvalue weighted by molar-refractivity contribution is 7.13. The quantitative estimate of drug-likeness (QED) is 0.621. The molecule has 3 heterocycles. The molecule has 0 radical (unpaired) electrons. The first-order valence-corrected chi connectivity index (χ1v) is 10.8. The number of carbonyl (C=O) groups is 1. The van der Waals surface area contributed by atoms with Crippen LogP contribution in [-0.4, -0.2) is 29.6 Å². The monoisotopic (exact) mass is 411 g/mol. The fourth-order valence-electron chi connectivity index (χ4n) is 3.47. The molecule has 4 rings (SSSR count). The molecular formula is C22H25N3O3S. The Hall–Kier alpha value is -2.80. The van der Waals surface area contributed by atoms with Gasteiger partial charge >= 0.3 is 0 Å². The minimum atomic E-state index is -0.561. The van der Waals surface area contributed by atoms with Gasteiger partial charge in [-0.15, -0.1) is 11.3 Å². The molecule has 7 heteroatoms. The minimum absolute atomic E-state index is 0.0716. The Morgan fingerprint density at radius 2 is 2.10 bits per heavy atom. The summed E-state index contributed by atoms with van der Waals surface area (Å²) in [5, 5.41) is 5.10. The maximum absolute atomic E-state index is 12.8. The predicted molar refractivity (Wildman–Crippen MR) is 114 cm³/mol. The number of aromatic nitrogens is 1. The summed E-state index contributed by atoms with van der Waals surface area (Å²) < 4.78 is 11.7. The lowest BCUT2D eigenvalue weighted by molar-refractivity contribution is -0.128. The summed E-state index contributed by atoms with van der Waals surface area (Å²) in [5.41, 5.74) is 1.78. The fraction of sp³-hybridized carbons (Fsp3) is 0.364. The average Bonchev–Trinajstić information content (AvgIpc) is 3.43. The van der Waals surface area contributed by atoms with Gasteiger partial charge in [-0.2, -0.15) is 0 Å². The first-order valence-electron chi connectivity index (χ1n) is 9.97. The van der Waals surface area contributed by atoms with Crippen LogP contribution < -0.4 is 15.0 Å². The van der Waals surface area contributed by atoms with Crippen molar-refractivity contribution >= 4 is 22.9 Å². The van der Waals surface area contributed by atoms with Crippen LogP contribution in [0.3, 0.4) is 0 Å². The van der Waals surface area contributed by atoms with Crippen molar-refractivity contribution in [1.29, 1.82) is 0 Å². The maximum atomic E-state index is 12.8. The molecule has 1 aromatic carbocycles. The Kier molecular flexibility index (Phi) is 5.85. The van der Waals surface area contributed by atoms with E-state index in [0.717, 1.165) is 29.1 Å². The highest BCUT2D eigenvalue weighted by Gasteiger charge is 2.31. The number of oxazole rings is 1. The molecule has 1 N–H and O–H groups in total. The average molecular weight is 412 g/mol. The largest absolute Gasteiger partial charge is 0.477 e. The molecule has 2 aromatic heterocycles. The number of rotatable bonds is 7. The van der Waals surface area contributed by atoms with Crippen molar-refractivity contribution in [2.45, 2.75) is 45.4 Å². The lowest BCUT2D eigenvalue weighted by Crippen LogP contribution is -2.51. The van der Waals surface area contributed by atoms with E-state index in [1.807, 2.05) is 41.8 Å². The number of hydrogen-bond acceptors (Lipinski definition) is 6. The number of benzene rings is 1. The van der Waals surface area contributed by atoms with Crippen LogP contribution in [0.15, 0.2) is 52.5 Å². The van der Waals surface area contributed by atoms with Gasteiger partial charge in [-0.3, -0.25) is 4.79 Å². The molecule has 1 amide bonds. The number of thiophene rings is 1. The van der Waals surface area contributed by atoms with Gasteiger partial charge in [0.1, 0.15) is 12.0 Å². The zero-order chi connectivity index (χ0) is 20.2. The van der Waals surface area contributed by atoms with Crippen LogP contribution in [0, 0.1) is 0 Å². The SMILES string of the molecule is CCC(CC)NC(=O)C1CN(Cc2coc(-c3cccs3)n2)c2ccccc2O1. The van der Waals surface area contributed by atoms with E-state index in [9.17, 15) is 4.79 Å². The number of anilines is 1. The molecule has 0 saturated carbocycles. The van der Waals surface area contributed by atoms with E-state index in [1.54, 1.807) is 17.6 Å². The molecule has 152 valence electrons. The van der Waals surface area contributed by atoms with E-state index in [1.165, 1.54) is 0 Å². The highest BCUT2D eigenvalue weighted by atomic mass is 32.1. The van der Waals surface area contributed by atoms with Crippen LogP contribution >= 0.6 is 11.3 Å². The van der Waals surface area contributed by atoms with E-state index < -0.39 is 6.10 Å². The molecule has 3 aromatic rings. The highest BCUT2D eigenvalue weighted by Crippen LogP contribution is 2.34. The standard InChI is InChI=1S/C22H25N3O3S/c1-3-15(4-2)23-21(26)19-13-25(17-8-5-6-9-18(17)28-19)12-16-14-27-22(24-16)20-10-7-11-29-20/h5-11,14-15,19H,3-4,12-13H2,1-2H3,(H,23,26). The van der Waals surface area contributed by atoms with Crippen LogP contribution in [-0.2, 0) is 11.3 Å². The first-order chi connectivity index (χ1) is 14.2. The summed E-state index contributed by atoms with van der Waals surface area (Å²) in [6.07, 6.45) is 2.93. The third kappa shape index (κ3) is 4.29. The van der Waals surface area contributed by atoms with Gasteiger partial charge in [0.05, 0.1) is 29.3 Å². The fourth-order valence-corrected chi connectivity index (χ4v) is 4.12. The smallest absolute Gasteiger partial charge is 0.263 e. The van der Waals surface area contributed by atoms with Gasteiger partial charge < -0.3 is 19.4 Å². The molecule has 6 nitrogen and oxygen atoms in total. The number of para-hydroxylation sites is 2. The molecule has 1 atom stereocenters. The number of nitrogens with one attached hydrogen (secondary N) is 1. The Balaban J connectivity index is 1.53. The number of carbonyl (C=O) groups excluding carboxylic acids is 1. The van der Waals surface area contributed by atoms with Crippen molar-refractivity contribution in [2.75, 3.05) is 11.4 Å². The van der Waals surface area contributed by atoms with Gasteiger partial charge in [0.2, 0.25) is 5.89 Å². The lowest BCUT2D eigenvalue weighted by Gasteiger charge is -2.35. The Morgan fingerprint density at radius 1 is 1.28 bits per heavy atom. The normalized spacial score (nSPS) is 15.8. The third-order valence-electron chi connectivity index (χ3n) is 5.12. The van der Waals surface area contributed by atoms with Gasteiger partial charge in [0.15, 0.2) is 6.10 Å². The van der Waals surface area contributed by atoms with Gasteiger partial charge in [-0.1, -0.05) is 32.0 Å². The number of hydrogen-bond donors (Lipinski definition) is 1. The molecule has 1 unspecified atom stereocenters. The van der Waals surface area contributed by atoms with Crippen molar-refractivity contribution in [3.8, 4) is 16.5 Å². The number of ether oxygens (including phenoxy) is 1. The summed E-state index contributed by atoms with van der Waals surface area (Å²) in [6, 6.07) is 11.9. The van der Waals surface area contributed by atoms with Gasteiger partial charge in [-0.25, -0.2) is 4.98 Å². The summed E-state index contributed by atoms with van der Waals surface area (Å²) in [6.45, 7) is 5.16. The van der Waals surface area contributed by atoms with Crippen LogP contribution in [0.5, 0.6) is 5.75 Å². The molecule has 29 heavy (non-hydrogen) atoms. The Labute approximate surface area is 174 Å².